The first-order valence-corrected chi connectivity index (χ1v) is 9.16. The molecule has 1 aliphatic rings. The molecule has 1 saturated heterocycles. The predicted octanol–water partition coefficient (Wildman–Crippen LogP) is -0.435. The van der Waals surface area contributed by atoms with Crippen LogP contribution < -0.4 is 11.1 Å². The van der Waals surface area contributed by atoms with E-state index in [2.05, 4.69) is 10.2 Å². The van der Waals surface area contributed by atoms with Crippen molar-refractivity contribution in [3.05, 3.63) is 35.4 Å². The largest absolute Gasteiger partial charge is 0.478 e. The number of rotatable bonds is 8. The summed E-state index contributed by atoms with van der Waals surface area (Å²) in [6, 6.07) is 5.27. The Bertz CT molecular complexity index is 744. The van der Waals surface area contributed by atoms with Crippen LogP contribution in [-0.2, 0) is 9.59 Å². The molecule has 152 valence electrons. The second-order valence-electron chi connectivity index (χ2n) is 6.79. The molecule has 1 aromatic rings. The Morgan fingerprint density at radius 1 is 1.11 bits per heavy atom. The summed E-state index contributed by atoms with van der Waals surface area (Å²) in [7, 11) is 0. The van der Waals surface area contributed by atoms with E-state index < -0.39 is 17.9 Å². The molecule has 1 unspecified atom stereocenters. The number of amides is 2. The topological polar surface area (TPSA) is 133 Å². The quantitative estimate of drug-likeness (QED) is 0.548. The van der Waals surface area contributed by atoms with Gasteiger partial charge in [-0.3, -0.25) is 19.3 Å². The Morgan fingerprint density at radius 2 is 1.71 bits per heavy atom. The second-order valence-corrected chi connectivity index (χ2v) is 6.79. The highest BCUT2D eigenvalue weighted by molar-refractivity contribution is 6.04. The first kappa shape index (κ1) is 21.5. The highest BCUT2D eigenvalue weighted by Gasteiger charge is 2.26. The van der Waals surface area contributed by atoms with E-state index in [1.807, 2.05) is 0 Å². The molecule has 9 nitrogen and oxygen atoms in total. The molecule has 1 aliphatic heterocycles. The molecule has 0 saturated carbocycles. The van der Waals surface area contributed by atoms with Crippen molar-refractivity contribution < 1.29 is 24.3 Å². The van der Waals surface area contributed by atoms with Gasteiger partial charge in [0.1, 0.15) is 5.78 Å². The van der Waals surface area contributed by atoms with Crippen LogP contribution in [0.5, 0.6) is 0 Å². The highest BCUT2D eigenvalue weighted by Crippen LogP contribution is 2.09. The van der Waals surface area contributed by atoms with E-state index in [1.54, 1.807) is 17.0 Å². The maximum Gasteiger partial charge on any atom is 0.336 e. The number of nitrogens with one attached hydrogen (secondary N) is 1. The van der Waals surface area contributed by atoms with Crippen molar-refractivity contribution in [2.24, 2.45) is 5.73 Å². The van der Waals surface area contributed by atoms with Crippen LogP contribution in [0.25, 0.3) is 0 Å². The number of carbonyl (C=O) groups excluding carboxylic acids is 3. The third kappa shape index (κ3) is 5.86. The van der Waals surface area contributed by atoms with Gasteiger partial charge >= 0.3 is 5.97 Å². The molecule has 0 aromatic heterocycles. The zero-order chi connectivity index (χ0) is 20.7. The molecule has 1 aromatic carbocycles. The van der Waals surface area contributed by atoms with Gasteiger partial charge in [-0.25, -0.2) is 4.79 Å². The lowest BCUT2D eigenvalue weighted by Crippen LogP contribution is -2.54. The summed E-state index contributed by atoms with van der Waals surface area (Å²) in [6.45, 7) is 4.67. The average molecular weight is 390 g/mol. The van der Waals surface area contributed by atoms with E-state index in [0.29, 0.717) is 39.3 Å². The van der Waals surface area contributed by atoms with Crippen molar-refractivity contribution in [1.82, 2.24) is 15.1 Å². The molecule has 28 heavy (non-hydrogen) atoms. The summed E-state index contributed by atoms with van der Waals surface area (Å²) in [5.74, 6) is -1.90. The van der Waals surface area contributed by atoms with Crippen LogP contribution in [0.15, 0.2) is 24.3 Å². The number of hydrogen-bond acceptors (Lipinski definition) is 6. The minimum absolute atomic E-state index is 0.0333. The molecular weight excluding hydrogens is 364 g/mol. The van der Waals surface area contributed by atoms with Gasteiger partial charge < -0.3 is 21.1 Å². The molecule has 4 N–H and O–H groups in total. The van der Waals surface area contributed by atoms with Crippen molar-refractivity contribution in [1.29, 1.82) is 0 Å². The normalized spacial score (nSPS) is 15.7. The average Bonchev–Trinajstić information content (AvgIpc) is 2.67. The Hall–Kier alpha value is -2.78. The summed E-state index contributed by atoms with van der Waals surface area (Å²) in [5.41, 5.74) is 5.87. The number of benzene rings is 1. The van der Waals surface area contributed by atoms with Gasteiger partial charge in [-0.2, -0.15) is 0 Å². The molecule has 2 rings (SSSR count). The van der Waals surface area contributed by atoms with Crippen LogP contribution in [0.1, 0.15) is 34.1 Å². The fourth-order valence-electron chi connectivity index (χ4n) is 3.11. The molecule has 1 heterocycles. The lowest BCUT2D eigenvalue weighted by atomic mass is 10.1. The Kier molecular flexibility index (Phi) is 7.65. The lowest BCUT2D eigenvalue weighted by Gasteiger charge is -2.35. The molecule has 0 bridgehead atoms. The summed E-state index contributed by atoms with van der Waals surface area (Å²) in [5, 5.41) is 11.9. The Labute approximate surface area is 163 Å². The lowest BCUT2D eigenvalue weighted by molar-refractivity contribution is -0.136. The number of carboxylic acid groups (broad SMARTS) is 1. The molecule has 9 heteroatoms. The zero-order valence-electron chi connectivity index (χ0n) is 15.9. The zero-order valence-corrected chi connectivity index (χ0v) is 15.9. The number of carbonyl (C=O) groups is 4. The van der Waals surface area contributed by atoms with Gasteiger partial charge in [0.2, 0.25) is 5.91 Å². The molecular formula is C19H26N4O5. The predicted molar refractivity (Wildman–Crippen MR) is 102 cm³/mol. The van der Waals surface area contributed by atoms with Gasteiger partial charge in [-0.1, -0.05) is 12.1 Å². The standard InChI is InChI=1S/C19H26N4O5/c1-13(24)12-16(20)18(26)23-10-8-22(9-11-23)7-6-21-17(25)14-4-2-3-5-15(14)19(27)28/h2-5,16H,6-12,20H2,1H3,(H,21,25)(H,27,28). The highest BCUT2D eigenvalue weighted by atomic mass is 16.4. The van der Waals surface area contributed by atoms with Crippen molar-refractivity contribution in [3.63, 3.8) is 0 Å². The van der Waals surface area contributed by atoms with Gasteiger partial charge in [0.15, 0.2) is 0 Å². The molecule has 2 amide bonds. The van der Waals surface area contributed by atoms with Gasteiger partial charge in [0.05, 0.1) is 17.2 Å². The molecule has 0 aliphatic carbocycles. The van der Waals surface area contributed by atoms with Crippen molar-refractivity contribution in [2.75, 3.05) is 39.3 Å². The minimum atomic E-state index is -1.14. The number of carboxylic acids is 1. The minimum Gasteiger partial charge on any atom is -0.478 e. The summed E-state index contributed by atoms with van der Waals surface area (Å²) >= 11 is 0. The van der Waals surface area contributed by atoms with Gasteiger partial charge in [0.25, 0.3) is 5.91 Å². The third-order valence-corrected chi connectivity index (χ3v) is 4.62. The summed E-state index contributed by atoms with van der Waals surface area (Å²) < 4.78 is 0. The molecule has 1 fully saturated rings. The van der Waals surface area contributed by atoms with E-state index in [1.165, 1.54) is 19.1 Å². The van der Waals surface area contributed by atoms with Crippen molar-refractivity contribution in [2.45, 2.75) is 19.4 Å². The number of ketones is 1. The summed E-state index contributed by atoms with van der Waals surface area (Å²) in [6.07, 6.45) is 0.0445. The first-order valence-electron chi connectivity index (χ1n) is 9.16. The van der Waals surface area contributed by atoms with Crippen molar-refractivity contribution in [3.8, 4) is 0 Å². The van der Waals surface area contributed by atoms with Crippen LogP contribution in [0.2, 0.25) is 0 Å². The van der Waals surface area contributed by atoms with Gasteiger partial charge in [-0.05, 0) is 19.1 Å². The number of piperazine rings is 1. The first-order chi connectivity index (χ1) is 13.3. The van der Waals surface area contributed by atoms with E-state index in [4.69, 9.17) is 10.8 Å². The maximum absolute atomic E-state index is 12.2. The Balaban J connectivity index is 1.76. The summed E-state index contributed by atoms with van der Waals surface area (Å²) in [4.78, 5) is 50.5. The maximum atomic E-state index is 12.2. The monoisotopic (exact) mass is 390 g/mol. The van der Waals surface area contributed by atoms with E-state index >= 15 is 0 Å². The fourth-order valence-corrected chi connectivity index (χ4v) is 3.11. The molecule has 1 atom stereocenters. The number of Topliss-reactive ketones (excluding diaryl/α,β-unsaturated/α-hetero) is 1. The smallest absolute Gasteiger partial charge is 0.336 e. The number of nitrogens with two attached hydrogens (primary N) is 1. The van der Waals surface area contributed by atoms with E-state index in [9.17, 15) is 19.2 Å². The van der Waals surface area contributed by atoms with Crippen LogP contribution in [0, 0.1) is 0 Å². The molecule has 0 radical (unpaired) electrons. The van der Waals surface area contributed by atoms with Crippen LogP contribution in [0.3, 0.4) is 0 Å². The van der Waals surface area contributed by atoms with Crippen LogP contribution >= 0.6 is 0 Å². The Morgan fingerprint density at radius 3 is 2.29 bits per heavy atom. The number of hydrogen-bond donors (Lipinski definition) is 3. The number of nitrogens with zero attached hydrogens (tertiary/aromatic N) is 2. The van der Waals surface area contributed by atoms with Gasteiger partial charge in [-0.15, -0.1) is 0 Å². The third-order valence-electron chi connectivity index (χ3n) is 4.62. The second kappa shape index (κ2) is 9.95. The van der Waals surface area contributed by atoms with Gasteiger partial charge in [0, 0.05) is 45.7 Å². The van der Waals surface area contributed by atoms with Crippen LogP contribution in [0.4, 0.5) is 0 Å². The number of aromatic carboxylic acids is 1. The van der Waals surface area contributed by atoms with Crippen molar-refractivity contribution >= 4 is 23.6 Å². The SMILES string of the molecule is CC(=O)CC(N)C(=O)N1CCN(CCNC(=O)c2ccccc2C(=O)O)CC1. The van der Waals surface area contributed by atoms with E-state index in [-0.39, 0.29) is 29.2 Å². The van der Waals surface area contributed by atoms with E-state index in [0.717, 1.165) is 0 Å². The fraction of sp³-hybridized carbons (Fsp3) is 0.474. The van der Waals surface area contributed by atoms with Crippen LogP contribution in [-0.4, -0.2) is 83.8 Å². The molecule has 0 spiro atoms.